The van der Waals surface area contributed by atoms with E-state index in [0.717, 1.165) is 18.4 Å². The van der Waals surface area contributed by atoms with Gasteiger partial charge in [-0.15, -0.1) is 11.3 Å². The lowest BCUT2D eigenvalue weighted by Crippen LogP contribution is -2.18. The summed E-state index contributed by atoms with van der Waals surface area (Å²) < 4.78 is 0. The molecule has 1 aromatic heterocycles. The summed E-state index contributed by atoms with van der Waals surface area (Å²) in [6, 6.07) is 9.23. The van der Waals surface area contributed by atoms with Crippen LogP contribution < -0.4 is 5.32 Å². The van der Waals surface area contributed by atoms with E-state index in [1.165, 1.54) is 10.4 Å². The first-order chi connectivity index (χ1) is 9.65. The molecule has 106 valence electrons. The van der Waals surface area contributed by atoms with Crippen LogP contribution >= 0.6 is 11.3 Å². The zero-order valence-electron chi connectivity index (χ0n) is 11.6. The number of thiophene rings is 1. The fraction of sp³-hybridized carbons (Fsp3) is 0.333. The highest BCUT2D eigenvalue weighted by molar-refractivity contribution is 7.10. The second kappa shape index (κ2) is 6.63. The van der Waals surface area contributed by atoms with Crippen LogP contribution in [0.3, 0.4) is 0 Å². The van der Waals surface area contributed by atoms with Gasteiger partial charge in [-0.3, -0.25) is 10.1 Å². The van der Waals surface area contributed by atoms with Gasteiger partial charge in [0.15, 0.2) is 0 Å². The molecular formula is C15H18N2O2S. The highest BCUT2D eigenvalue weighted by Crippen LogP contribution is 2.28. The average Bonchev–Trinajstić information content (AvgIpc) is 2.93. The minimum absolute atomic E-state index is 0.139. The number of hydrogen-bond donors (Lipinski definition) is 1. The summed E-state index contributed by atoms with van der Waals surface area (Å²) >= 11 is 1.76. The predicted molar refractivity (Wildman–Crippen MR) is 82.3 cm³/mol. The van der Waals surface area contributed by atoms with Gasteiger partial charge in [0, 0.05) is 23.1 Å². The second-order valence-corrected chi connectivity index (χ2v) is 5.58. The Morgan fingerprint density at radius 2 is 2.00 bits per heavy atom. The normalized spacial score (nSPS) is 12.3. The highest BCUT2D eigenvalue weighted by atomic mass is 32.1. The Bertz CT molecular complexity index is 578. The average molecular weight is 290 g/mol. The number of rotatable bonds is 6. The Balaban J connectivity index is 2.16. The van der Waals surface area contributed by atoms with Crippen molar-refractivity contribution in [2.75, 3.05) is 7.05 Å². The summed E-state index contributed by atoms with van der Waals surface area (Å²) in [6.07, 6.45) is 1.86. The Morgan fingerprint density at radius 3 is 2.55 bits per heavy atom. The second-order valence-electron chi connectivity index (χ2n) is 4.63. The number of aryl methyl sites for hydroxylation is 1. The van der Waals surface area contributed by atoms with E-state index < -0.39 is 0 Å². The molecule has 1 unspecified atom stereocenters. The third-order valence-electron chi connectivity index (χ3n) is 3.41. The molecular weight excluding hydrogens is 272 g/mol. The molecule has 1 heterocycles. The van der Waals surface area contributed by atoms with Crippen LogP contribution in [0.15, 0.2) is 35.7 Å². The molecule has 4 nitrogen and oxygen atoms in total. The number of nitro benzene ring substituents is 1. The van der Waals surface area contributed by atoms with Gasteiger partial charge in [0.05, 0.1) is 4.92 Å². The maximum absolute atomic E-state index is 10.7. The minimum atomic E-state index is -0.367. The summed E-state index contributed by atoms with van der Waals surface area (Å²) in [5.74, 6) is 0. The van der Waals surface area contributed by atoms with Gasteiger partial charge in [-0.05, 0) is 42.5 Å². The first-order valence-electron chi connectivity index (χ1n) is 6.62. The molecule has 0 radical (unpaired) electrons. The number of benzene rings is 1. The molecule has 0 bridgehead atoms. The molecule has 5 heteroatoms. The van der Waals surface area contributed by atoms with E-state index in [1.54, 1.807) is 23.5 Å². The Hall–Kier alpha value is -1.72. The van der Waals surface area contributed by atoms with Crippen LogP contribution in [0.25, 0.3) is 0 Å². The van der Waals surface area contributed by atoms with Crippen molar-refractivity contribution >= 4 is 17.0 Å². The van der Waals surface area contributed by atoms with Gasteiger partial charge in [-0.2, -0.15) is 0 Å². The van der Waals surface area contributed by atoms with E-state index in [-0.39, 0.29) is 16.7 Å². The number of likely N-dealkylation sites (N-methyl/N-ethyl adjacent to an activating group) is 1. The molecule has 0 aliphatic heterocycles. The van der Waals surface area contributed by atoms with Crippen LogP contribution in [0.1, 0.15) is 29.0 Å². The molecule has 1 N–H and O–H groups in total. The number of non-ortho nitro benzene ring substituents is 1. The molecule has 2 aromatic rings. The standard InChI is InChI=1S/C15H18N2O2S/c1-3-12-8-9-20-15(12)14(16-2)10-11-4-6-13(7-5-11)17(18)19/h4-9,14,16H,3,10H2,1-2H3. The lowest BCUT2D eigenvalue weighted by molar-refractivity contribution is -0.384. The Morgan fingerprint density at radius 1 is 1.30 bits per heavy atom. The van der Waals surface area contributed by atoms with Crippen molar-refractivity contribution in [1.82, 2.24) is 5.32 Å². The van der Waals surface area contributed by atoms with Gasteiger partial charge in [0.1, 0.15) is 0 Å². The largest absolute Gasteiger partial charge is 0.312 e. The number of nitro groups is 1. The SMILES string of the molecule is CCc1ccsc1C(Cc1ccc([N+](=O)[O-])cc1)NC. The van der Waals surface area contributed by atoms with Crippen molar-refractivity contribution in [2.45, 2.75) is 25.8 Å². The van der Waals surface area contributed by atoms with Gasteiger partial charge >= 0.3 is 0 Å². The molecule has 0 amide bonds. The van der Waals surface area contributed by atoms with E-state index in [4.69, 9.17) is 0 Å². The number of nitrogens with zero attached hydrogens (tertiary/aromatic N) is 1. The molecule has 1 atom stereocenters. The Labute approximate surface area is 122 Å². The van der Waals surface area contributed by atoms with E-state index >= 15 is 0 Å². The van der Waals surface area contributed by atoms with E-state index in [0.29, 0.717) is 0 Å². The quantitative estimate of drug-likeness (QED) is 0.651. The number of nitrogens with one attached hydrogen (secondary N) is 1. The third-order valence-corrected chi connectivity index (χ3v) is 4.49. The van der Waals surface area contributed by atoms with Gasteiger partial charge in [0.25, 0.3) is 5.69 Å². The van der Waals surface area contributed by atoms with Crippen molar-refractivity contribution in [1.29, 1.82) is 0 Å². The minimum Gasteiger partial charge on any atom is -0.312 e. The van der Waals surface area contributed by atoms with Crippen molar-refractivity contribution in [3.05, 3.63) is 61.8 Å². The van der Waals surface area contributed by atoms with Gasteiger partial charge < -0.3 is 5.32 Å². The molecule has 0 spiro atoms. The molecule has 2 rings (SSSR count). The summed E-state index contributed by atoms with van der Waals surface area (Å²) in [6.45, 7) is 2.16. The van der Waals surface area contributed by atoms with Crippen LogP contribution in [0.2, 0.25) is 0 Å². The fourth-order valence-corrected chi connectivity index (χ4v) is 3.37. The highest BCUT2D eigenvalue weighted by Gasteiger charge is 2.15. The van der Waals surface area contributed by atoms with E-state index in [2.05, 4.69) is 23.7 Å². The summed E-state index contributed by atoms with van der Waals surface area (Å²) in [5.41, 5.74) is 2.61. The van der Waals surface area contributed by atoms with Crippen LogP contribution in [0.4, 0.5) is 5.69 Å². The lowest BCUT2D eigenvalue weighted by atomic mass is 10.0. The fourth-order valence-electron chi connectivity index (χ4n) is 2.26. The molecule has 0 fully saturated rings. The summed E-state index contributed by atoms with van der Waals surface area (Å²) in [5, 5.41) is 16.1. The summed E-state index contributed by atoms with van der Waals surface area (Å²) in [4.78, 5) is 11.6. The molecule has 0 saturated heterocycles. The smallest absolute Gasteiger partial charge is 0.269 e. The molecule has 0 aliphatic rings. The van der Waals surface area contributed by atoms with Crippen molar-refractivity contribution in [3.8, 4) is 0 Å². The van der Waals surface area contributed by atoms with Crippen molar-refractivity contribution in [2.24, 2.45) is 0 Å². The maximum atomic E-state index is 10.7. The first kappa shape index (κ1) is 14.7. The van der Waals surface area contributed by atoms with Gasteiger partial charge in [-0.1, -0.05) is 19.1 Å². The molecule has 1 aromatic carbocycles. The van der Waals surface area contributed by atoms with Crippen LogP contribution in [0.5, 0.6) is 0 Å². The number of hydrogen-bond acceptors (Lipinski definition) is 4. The monoisotopic (exact) mass is 290 g/mol. The van der Waals surface area contributed by atoms with Crippen molar-refractivity contribution < 1.29 is 4.92 Å². The van der Waals surface area contributed by atoms with E-state index in [1.807, 2.05) is 19.2 Å². The Kier molecular flexibility index (Phi) is 4.87. The van der Waals surface area contributed by atoms with Gasteiger partial charge in [0.2, 0.25) is 0 Å². The lowest BCUT2D eigenvalue weighted by Gasteiger charge is -2.16. The van der Waals surface area contributed by atoms with Crippen LogP contribution in [0, 0.1) is 10.1 Å². The predicted octanol–water partition coefficient (Wildman–Crippen LogP) is 3.72. The molecule has 20 heavy (non-hydrogen) atoms. The van der Waals surface area contributed by atoms with Crippen molar-refractivity contribution in [3.63, 3.8) is 0 Å². The van der Waals surface area contributed by atoms with Crippen LogP contribution in [-0.2, 0) is 12.8 Å². The maximum Gasteiger partial charge on any atom is 0.269 e. The first-order valence-corrected chi connectivity index (χ1v) is 7.50. The summed E-state index contributed by atoms with van der Waals surface area (Å²) in [7, 11) is 1.95. The topological polar surface area (TPSA) is 55.2 Å². The van der Waals surface area contributed by atoms with Gasteiger partial charge in [-0.25, -0.2) is 0 Å². The molecule has 0 saturated carbocycles. The zero-order chi connectivity index (χ0) is 14.5. The van der Waals surface area contributed by atoms with Crippen LogP contribution in [-0.4, -0.2) is 12.0 Å². The zero-order valence-corrected chi connectivity index (χ0v) is 12.4. The molecule has 0 aliphatic carbocycles. The van der Waals surface area contributed by atoms with E-state index in [9.17, 15) is 10.1 Å². The third kappa shape index (κ3) is 3.23.